The second-order valence-corrected chi connectivity index (χ2v) is 6.03. The number of nitrogens with one attached hydrogen (secondary N) is 1. The standard InChI is InChI=1S/C16H24F2N2O/c1-16(2,20-6-8-21-9-7-20)15(19-3)11-12-10-13(17)4-5-14(12)18/h4-5,10,15,19H,6-9,11H2,1-3H3. The van der Waals surface area contributed by atoms with Crippen molar-refractivity contribution in [1.82, 2.24) is 10.2 Å². The van der Waals surface area contributed by atoms with Crippen molar-refractivity contribution >= 4 is 0 Å². The Morgan fingerprint density at radius 3 is 2.57 bits per heavy atom. The number of morpholine rings is 1. The van der Waals surface area contributed by atoms with Crippen LogP contribution in [0.15, 0.2) is 18.2 Å². The average Bonchev–Trinajstić information content (AvgIpc) is 2.48. The summed E-state index contributed by atoms with van der Waals surface area (Å²) in [4.78, 5) is 2.34. The van der Waals surface area contributed by atoms with Crippen LogP contribution in [0, 0.1) is 11.6 Å². The van der Waals surface area contributed by atoms with E-state index in [1.54, 1.807) is 0 Å². The van der Waals surface area contributed by atoms with Gasteiger partial charge in [-0.2, -0.15) is 0 Å². The van der Waals surface area contributed by atoms with Crippen molar-refractivity contribution < 1.29 is 13.5 Å². The lowest BCUT2D eigenvalue weighted by Crippen LogP contribution is -2.60. The molecule has 1 aromatic carbocycles. The highest BCUT2D eigenvalue weighted by Gasteiger charge is 2.35. The van der Waals surface area contributed by atoms with E-state index in [0.717, 1.165) is 19.2 Å². The topological polar surface area (TPSA) is 24.5 Å². The number of nitrogens with zero attached hydrogens (tertiary/aromatic N) is 1. The van der Waals surface area contributed by atoms with Crippen molar-refractivity contribution in [2.45, 2.75) is 31.8 Å². The van der Waals surface area contributed by atoms with Crippen LogP contribution in [-0.2, 0) is 11.2 Å². The highest BCUT2D eigenvalue weighted by atomic mass is 19.1. The Hall–Kier alpha value is -1.04. The lowest BCUT2D eigenvalue weighted by Gasteiger charge is -2.46. The Morgan fingerprint density at radius 2 is 1.95 bits per heavy atom. The SMILES string of the molecule is CNC(Cc1cc(F)ccc1F)C(C)(C)N1CCOCC1. The summed E-state index contributed by atoms with van der Waals surface area (Å²) in [5, 5.41) is 3.26. The van der Waals surface area contributed by atoms with Gasteiger partial charge in [0.25, 0.3) is 0 Å². The van der Waals surface area contributed by atoms with Gasteiger partial charge in [-0.25, -0.2) is 8.78 Å². The molecular formula is C16H24F2N2O. The van der Waals surface area contributed by atoms with Crippen molar-refractivity contribution in [2.24, 2.45) is 0 Å². The second-order valence-electron chi connectivity index (χ2n) is 6.03. The van der Waals surface area contributed by atoms with Gasteiger partial charge in [-0.15, -0.1) is 0 Å². The molecule has 1 saturated heterocycles. The molecule has 0 radical (unpaired) electrons. The number of ether oxygens (including phenoxy) is 1. The summed E-state index contributed by atoms with van der Waals surface area (Å²) in [5.74, 6) is -0.750. The van der Waals surface area contributed by atoms with E-state index in [2.05, 4.69) is 24.1 Å². The van der Waals surface area contributed by atoms with Crippen LogP contribution in [0.25, 0.3) is 0 Å². The molecule has 0 aromatic heterocycles. The molecule has 0 bridgehead atoms. The smallest absolute Gasteiger partial charge is 0.126 e. The van der Waals surface area contributed by atoms with E-state index in [0.29, 0.717) is 25.2 Å². The maximum absolute atomic E-state index is 13.9. The molecule has 0 aliphatic carbocycles. The lowest BCUT2D eigenvalue weighted by molar-refractivity contribution is -0.0224. The predicted octanol–water partition coefficient (Wildman–Crippen LogP) is 2.21. The van der Waals surface area contributed by atoms with Gasteiger partial charge < -0.3 is 10.1 Å². The number of likely N-dealkylation sites (N-methyl/N-ethyl adjacent to an activating group) is 1. The van der Waals surface area contributed by atoms with Crippen LogP contribution in [0.1, 0.15) is 19.4 Å². The minimum absolute atomic E-state index is 0.0203. The summed E-state index contributed by atoms with van der Waals surface area (Å²) in [5.41, 5.74) is 0.243. The summed E-state index contributed by atoms with van der Waals surface area (Å²) in [7, 11) is 1.87. The first-order valence-electron chi connectivity index (χ1n) is 7.39. The number of benzene rings is 1. The summed E-state index contributed by atoms with van der Waals surface area (Å²) in [6.07, 6.45) is 0.449. The van der Waals surface area contributed by atoms with Crippen molar-refractivity contribution in [1.29, 1.82) is 0 Å². The molecule has 2 rings (SSSR count). The minimum atomic E-state index is -0.398. The molecule has 0 spiro atoms. The van der Waals surface area contributed by atoms with Crippen LogP contribution in [-0.4, -0.2) is 49.8 Å². The second kappa shape index (κ2) is 6.81. The van der Waals surface area contributed by atoms with Gasteiger partial charge in [0.05, 0.1) is 13.2 Å². The van der Waals surface area contributed by atoms with Crippen LogP contribution >= 0.6 is 0 Å². The van der Waals surface area contributed by atoms with Crippen molar-refractivity contribution in [2.75, 3.05) is 33.4 Å². The third-order valence-electron chi connectivity index (χ3n) is 4.46. The molecule has 1 aliphatic heterocycles. The van der Waals surface area contributed by atoms with Crippen molar-refractivity contribution in [3.05, 3.63) is 35.4 Å². The van der Waals surface area contributed by atoms with Gasteiger partial charge >= 0.3 is 0 Å². The summed E-state index contributed by atoms with van der Waals surface area (Å²) in [6.45, 7) is 7.42. The Kier molecular flexibility index (Phi) is 5.30. The third kappa shape index (κ3) is 3.78. The summed E-state index contributed by atoms with van der Waals surface area (Å²) in [6, 6.07) is 3.65. The van der Waals surface area contributed by atoms with E-state index >= 15 is 0 Å². The van der Waals surface area contributed by atoms with E-state index in [1.807, 2.05) is 7.05 Å². The fourth-order valence-corrected chi connectivity index (χ4v) is 2.98. The number of hydrogen-bond acceptors (Lipinski definition) is 3. The van der Waals surface area contributed by atoms with Crippen molar-refractivity contribution in [3.63, 3.8) is 0 Å². The summed E-state index contributed by atoms with van der Waals surface area (Å²) >= 11 is 0. The van der Waals surface area contributed by atoms with Gasteiger partial charge in [-0.3, -0.25) is 4.90 Å². The fourth-order valence-electron chi connectivity index (χ4n) is 2.98. The van der Waals surface area contributed by atoms with Gasteiger partial charge in [0.2, 0.25) is 0 Å². The van der Waals surface area contributed by atoms with Crippen molar-refractivity contribution in [3.8, 4) is 0 Å². The normalized spacial score (nSPS) is 18.7. The quantitative estimate of drug-likeness (QED) is 0.902. The van der Waals surface area contributed by atoms with E-state index in [-0.39, 0.29) is 17.4 Å². The molecule has 5 heteroatoms. The molecule has 1 N–H and O–H groups in total. The molecule has 1 aromatic rings. The van der Waals surface area contributed by atoms with Gasteiger partial charge in [0.15, 0.2) is 0 Å². The number of rotatable bonds is 5. The van der Waals surface area contributed by atoms with Gasteiger partial charge in [0.1, 0.15) is 11.6 Å². The van der Waals surface area contributed by atoms with Crippen LogP contribution in [0.2, 0.25) is 0 Å². The summed E-state index contributed by atoms with van der Waals surface area (Å²) < 4.78 is 32.6. The van der Waals surface area contributed by atoms with E-state index in [1.165, 1.54) is 12.1 Å². The maximum atomic E-state index is 13.9. The molecule has 1 unspecified atom stereocenters. The Balaban J connectivity index is 2.16. The number of hydrogen-bond donors (Lipinski definition) is 1. The number of halogens is 2. The van der Waals surface area contributed by atoms with Crippen LogP contribution in [0.4, 0.5) is 8.78 Å². The Morgan fingerprint density at radius 1 is 1.29 bits per heavy atom. The molecule has 0 saturated carbocycles. The highest BCUT2D eigenvalue weighted by Crippen LogP contribution is 2.24. The molecule has 1 atom stereocenters. The molecule has 1 fully saturated rings. The molecule has 118 valence electrons. The fraction of sp³-hybridized carbons (Fsp3) is 0.625. The van der Waals surface area contributed by atoms with Crippen LogP contribution < -0.4 is 5.32 Å². The van der Waals surface area contributed by atoms with E-state index in [4.69, 9.17) is 4.74 Å². The molecule has 0 amide bonds. The third-order valence-corrected chi connectivity index (χ3v) is 4.46. The first kappa shape index (κ1) is 16.3. The molecule has 3 nitrogen and oxygen atoms in total. The first-order valence-corrected chi connectivity index (χ1v) is 7.39. The zero-order valence-corrected chi connectivity index (χ0v) is 13.0. The minimum Gasteiger partial charge on any atom is -0.379 e. The highest BCUT2D eigenvalue weighted by molar-refractivity contribution is 5.21. The first-order chi connectivity index (χ1) is 9.95. The molecule has 1 heterocycles. The zero-order chi connectivity index (χ0) is 15.5. The van der Waals surface area contributed by atoms with Gasteiger partial charge in [-0.1, -0.05) is 0 Å². The van der Waals surface area contributed by atoms with E-state index in [9.17, 15) is 8.78 Å². The molecule has 1 aliphatic rings. The van der Waals surface area contributed by atoms with Gasteiger partial charge in [-0.05, 0) is 51.1 Å². The van der Waals surface area contributed by atoms with Crippen LogP contribution in [0.5, 0.6) is 0 Å². The average molecular weight is 298 g/mol. The zero-order valence-electron chi connectivity index (χ0n) is 13.0. The monoisotopic (exact) mass is 298 g/mol. The van der Waals surface area contributed by atoms with Gasteiger partial charge in [0, 0.05) is 24.7 Å². The Bertz CT molecular complexity index is 473. The maximum Gasteiger partial charge on any atom is 0.126 e. The Labute approximate surface area is 125 Å². The molecule has 21 heavy (non-hydrogen) atoms. The van der Waals surface area contributed by atoms with Crippen LogP contribution in [0.3, 0.4) is 0 Å². The lowest BCUT2D eigenvalue weighted by atomic mass is 9.87. The molecular weight excluding hydrogens is 274 g/mol. The largest absolute Gasteiger partial charge is 0.379 e. The predicted molar refractivity (Wildman–Crippen MR) is 79.4 cm³/mol. The van der Waals surface area contributed by atoms with E-state index < -0.39 is 5.82 Å².